The molecular formula is C50H32N4O2. The standard InChI is InChI=1S/C50H32N4O2/c1-50(2)37-20-9-5-17-33(37)45-38(50)21-13-24-41(45)53-47-44(31-15-3-4-16-32(31)48(53)55)35-19-7-11-23-40(35)54(47)49-51-39-22-10-6-18-34(39)46(52-49)29-26-27-43-36(28-29)30-14-8-12-25-42(30)56-43/h3-28H,1-2H3. The maximum absolute atomic E-state index is 15.3. The fourth-order valence-electron chi connectivity index (χ4n) is 9.41. The van der Waals surface area contributed by atoms with E-state index in [4.69, 9.17) is 14.4 Å². The molecule has 6 heteroatoms. The second-order valence-electron chi connectivity index (χ2n) is 15.3. The van der Waals surface area contributed by atoms with Crippen LogP contribution in [0.4, 0.5) is 0 Å². The van der Waals surface area contributed by atoms with Crippen LogP contribution in [-0.2, 0) is 5.41 Å². The molecule has 0 amide bonds. The van der Waals surface area contributed by atoms with E-state index in [9.17, 15) is 0 Å². The zero-order valence-corrected chi connectivity index (χ0v) is 30.6. The maximum atomic E-state index is 15.3. The van der Waals surface area contributed by atoms with Gasteiger partial charge in [-0.25, -0.2) is 9.97 Å². The Labute approximate surface area is 320 Å². The summed E-state index contributed by atoms with van der Waals surface area (Å²) >= 11 is 0. The first-order valence-electron chi connectivity index (χ1n) is 19.0. The average Bonchev–Trinajstić information content (AvgIpc) is 3.86. The van der Waals surface area contributed by atoms with Gasteiger partial charge >= 0.3 is 0 Å². The van der Waals surface area contributed by atoms with Gasteiger partial charge in [-0.2, -0.15) is 0 Å². The maximum Gasteiger partial charge on any atom is 0.264 e. The Balaban J connectivity index is 1.24. The predicted molar refractivity (Wildman–Crippen MR) is 227 cm³/mol. The second kappa shape index (κ2) is 11.1. The fraction of sp³-hybridized carbons (Fsp3) is 0.0600. The normalized spacial score (nSPS) is 13.4. The third kappa shape index (κ3) is 4.07. The molecule has 0 bridgehead atoms. The summed E-state index contributed by atoms with van der Waals surface area (Å²) < 4.78 is 10.2. The van der Waals surface area contributed by atoms with Crippen molar-refractivity contribution in [2.24, 2.45) is 0 Å². The predicted octanol–water partition coefficient (Wildman–Crippen LogP) is 11.9. The number of aromatic nitrogens is 4. The highest BCUT2D eigenvalue weighted by molar-refractivity contribution is 6.20. The van der Waals surface area contributed by atoms with Gasteiger partial charge in [0.1, 0.15) is 16.8 Å². The number of furan rings is 1. The van der Waals surface area contributed by atoms with Crippen LogP contribution < -0.4 is 5.56 Å². The second-order valence-corrected chi connectivity index (χ2v) is 15.3. The van der Waals surface area contributed by atoms with Crippen LogP contribution in [0, 0.1) is 0 Å². The van der Waals surface area contributed by atoms with Gasteiger partial charge in [0, 0.05) is 48.9 Å². The van der Waals surface area contributed by atoms with Gasteiger partial charge in [0.15, 0.2) is 0 Å². The number of para-hydroxylation sites is 3. The van der Waals surface area contributed by atoms with Crippen LogP contribution in [0.25, 0.3) is 99.6 Å². The van der Waals surface area contributed by atoms with E-state index < -0.39 is 0 Å². The minimum atomic E-state index is -0.244. The highest BCUT2D eigenvalue weighted by Gasteiger charge is 2.37. The molecule has 264 valence electrons. The van der Waals surface area contributed by atoms with Crippen LogP contribution >= 0.6 is 0 Å². The Kier molecular flexibility index (Phi) is 6.17. The summed E-state index contributed by atoms with van der Waals surface area (Å²) in [5.74, 6) is 0.485. The first kappa shape index (κ1) is 31.1. The SMILES string of the molecule is CC1(C)c2ccccc2-c2c(-n3c(=O)c4ccccc4c4c5ccccc5n(-c5nc(-c6ccc7oc8ccccc8c7c6)c6ccccc6n5)c43)cccc21. The van der Waals surface area contributed by atoms with Crippen LogP contribution in [0.2, 0.25) is 0 Å². The number of hydrogen-bond donors (Lipinski definition) is 0. The number of rotatable bonds is 3. The summed E-state index contributed by atoms with van der Waals surface area (Å²) in [6, 6.07) is 53.8. The van der Waals surface area contributed by atoms with E-state index in [1.807, 2.05) is 71.3 Å². The molecular weight excluding hydrogens is 689 g/mol. The Morgan fingerprint density at radius 2 is 1.23 bits per heavy atom. The van der Waals surface area contributed by atoms with Crippen LogP contribution in [0.15, 0.2) is 167 Å². The lowest BCUT2D eigenvalue weighted by Gasteiger charge is -2.22. The van der Waals surface area contributed by atoms with Gasteiger partial charge in [-0.3, -0.25) is 13.9 Å². The number of benzene rings is 7. The van der Waals surface area contributed by atoms with E-state index in [-0.39, 0.29) is 11.0 Å². The van der Waals surface area contributed by atoms with E-state index in [1.54, 1.807) is 0 Å². The summed E-state index contributed by atoms with van der Waals surface area (Å²) in [6.45, 7) is 4.54. The van der Waals surface area contributed by atoms with E-state index in [0.29, 0.717) is 11.3 Å². The molecule has 0 unspecified atom stereocenters. The van der Waals surface area contributed by atoms with Gasteiger partial charge in [-0.1, -0.05) is 123 Å². The Hall–Kier alpha value is -7.31. The Bertz CT molecular complexity index is 3550. The number of pyridine rings is 1. The lowest BCUT2D eigenvalue weighted by molar-refractivity contribution is 0.660. The molecule has 4 heterocycles. The van der Waals surface area contributed by atoms with Crippen LogP contribution in [0.5, 0.6) is 0 Å². The fourth-order valence-corrected chi connectivity index (χ4v) is 9.41. The van der Waals surface area contributed by atoms with Crippen molar-refractivity contribution >= 4 is 65.6 Å². The molecule has 0 fully saturated rings. The largest absolute Gasteiger partial charge is 0.456 e. The average molecular weight is 721 g/mol. The molecule has 0 radical (unpaired) electrons. The monoisotopic (exact) mass is 720 g/mol. The topological polar surface area (TPSA) is 65.8 Å². The van der Waals surface area contributed by atoms with Crippen LogP contribution in [0.3, 0.4) is 0 Å². The summed E-state index contributed by atoms with van der Waals surface area (Å²) in [7, 11) is 0. The molecule has 12 rings (SSSR count). The molecule has 4 aromatic heterocycles. The first-order chi connectivity index (χ1) is 27.5. The molecule has 0 spiro atoms. The molecule has 0 N–H and O–H groups in total. The molecule has 0 saturated carbocycles. The molecule has 11 aromatic rings. The number of nitrogens with zero attached hydrogens (tertiary/aromatic N) is 4. The molecule has 56 heavy (non-hydrogen) atoms. The summed E-state index contributed by atoms with van der Waals surface area (Å²) in [4.78, 5) is 26.1. The van der Waals surface area contributed by atoms with Crippen molar-refractivity contribution in [1.29, 1.82) is 0 Å². The van der Waals surface area contributed by atoms with Crippen molar-refractivity contribution in [2.75, 3.05) is 0 Å². The van der Waals surface area contributed by atoms with Gasteiger partial charge < -0.3 is 4.42 Å². The van der Waals surface area contributed by atoms with Crippen molar-refractivity contribution in [3.63, 3.8) is 0 Å². The lowest BCUT2D eigenvalue weighted by Crippen LogP contribution is -2.22. The van der Waals surface area contributed by atoms with Gasteiger partial charge in [0.2, 0.25) is 5.95 Å². The van der Waals surface area contributed by atoms with Crippen molar-refractivity contribution in [3.05, 3.63) is 179 Å². The molecule has 1 aliphatic rings. The zero-order valence-electron chi connectivity index (χ0n) is 30.6. The molecule has 0 aliphatic heterocycles. The molecule has 7 aromatic carbocycles. The summed E-state index contributed by atoms with van der Waals surface area (Å²) in [6.07, 6.45) is 0. The van der Waals surface area contributed by atoms with E-state index in [1.165, 1.54) is 11.1 Å². The third-order valence-corrected chi connectivity index (χ3v) is 12.0. The van der Waals surface area contributed by atoms with Gasteiger partial charge in [-0.15, -0.1) is 0 Å². The third-order valence-electron chi connectivity index (χ3n) is 12.0. The highest BCUT2D eigenvalue weighted by Crippen LogP contribution is 2.51. The van der Waals surface area contributed by atoms with Crippen molar-refractivity contribution in [1.82, 2.24) is 19.1 Å². The number of hydrogen-bond acceptors (Lipinski definition) is 4. The van der Waals surface area contributed by atoms with E-state index >= 15 is 4.79 Å². The van der Waals surface area contributed by atoms with E-state index in [2.05, 4.69) is 109 Å². The van der Waals surface area contributed by atoms with Crippen molar-refractivity contribution < 1.29 is 4.42 Å². The Morgan fingerprint density at radius 1 is 0.554 bits per heavy atom. The number of fused-ring (bicyclic) bond motifs is 12. The first-order valence-corrected chi connectivity index (χ1v) is 19.0. The van der Waals surface area contributed by atoms with Crippen molar-refractivity contribution in [2.45, 2.75) is 19.3 Å². The molecule has 0 atom stereocenters. The van der Waals surface area contributed by atoms with Crippen molar-refractivity contribution in [3.8, 4) is 34.0 Å². The smallest absolute Gasteiger partial charge is 0.264 e. The summed E-state index contributed by atoms with van der Waals surface area (Å²) in [5, 5.41) is 6.57. The molecule has 0 saturated heterocycles. The highest BCUT2D eigenvalue weighted by atomic mass is 16.3. The lowest BCUT2D eigenvalue weighted by atomic mass is 9.82. The molecule has 1 aliphatic carbocycles. The quantitative estimate of drug-likeness (QED) is 0.182. The zero-order chi connectivity index (χ0) is 37.3. The van der Waals surface area contributed by atoms with Crippen LogP contribution in [-0.4, -0.2) is 19.1 Å². The van der Waals surface area contributed by atoms with E-state index in [0.717, 1.165) is 88.2 Å². The van der Waals surface area contributed by atoms with Gasteiger partial charge in [-0.05, 0) is 70.6 Å². The Morgan fingerprint density at radius 3 is 2.11 bits per heavy atom. The van der Waals surface area contributed by atoms with Crippen LogP contribution in [0.1, 0.15) is 25.0 Å². The summed E-state index contributed by atoms with van der Waals surface area (Å²) in [5.41, 5.74) is 11.0. The van der Waals surface area contributed by atoms with Gasteiger partial charge in [0.25, 0.3) is 5.56 Å². The minimum Gasteiger partial charge on any atom is -0.456 e. The molecule has 6 nitrogen and oxygen atoms in total. The van der Waals surface area contributed by atoms with Gasteiger partial charge in [0.05, 0.1) is 22.4 Å². The minimum absolute atomic E-state index is 0.0916.